The van der Waals surface area contributed by atoms with Gasteiger partial charge in [0, 0.05) is 24.3 Å². The average molecular weight is 380 g/mol. The summed E-state index contributed by atoms with van der Waals surface area (Å²) in [5, 5.41) is 2.90. The third kappa shape index (κ3) is 4.53. The van der Waals surface area contributed by atoms with E-state index in [2.05, 4.69) is 31.3 Å². The zero-order valence-corrected chi connectivity index (χ0v) is 17.0. The van der Waals surface area contributed by atoms with Crippen LogP contribution < -0.4 is 15.0 Å². The first kappa shape index (κ1) is 19.9. The fraction of sp³-hybridized carbons (Fsp3) is 0.391. The van der Waals surface area contributed by atoms with Crippen molar-refractivity contribution >= 4 is 23.2 Å². The lowest BCUT2D eigenvalue weighted by atomic mass is 10.0. The third-order valence-electron chi connectivity index (χ3n) is 4.96. The molecule has 2 aromatic carbocycles. The number of aryl methyl sites for hydroxylation is 1. The fourth-order valence-electron chi connectivity index (χ4n) is 3.38. The van der Waals surface area contributed by atoms with Crippen LogP contribution in [0.4, 0.5) is 11.4 Å². The maximum absolute atomic E-state index is 12.7. The van der Waals surface area contributed by atoms with Crippen LogP contribution >= 0.6 is 0 Å². The molecule has 0 saturated carbocycles. The summed E-state index contributed by atoms with van der Waals surface area (Å²) < 4.78 is 5.99. The molecule has 1 atom stereocenters. The Bertz CT molecular complexity index is 876. The van der Waals surface area contributed by atoms with Crippen molar-refractivity contribution in [1.29, 1.82) is 0 Å². The van der Waals surface area contributed by atoms with E-state index >= 15 is 0 Å². The van der Waals surface area contributed by atoms with Gasteiger partial charge in [-0.3, -0.25) is 9.59 Å². The summed E-state index contributed by atoms with van der Waals surface area (Å²) in [5.41, 5.74) is 3.65. The van der Waals surface area contributed by atoms with Crippen molar-refractivity contribution in [2.45, 2.75) is 52.6 Å². The molecule has 0 unspecified atom stereocenters. The van der Waals surface area contributed by atoms with Gasteiger partial charge in [0.05, 0.1) is 0 Å². The van der Waals surface area contributed by atoms with Crippen LogP contribution in [0.15, 0.2) is 42.5 Å². The Kier molecular flexibility index (Phi) is 6.02. The predicted molar refractivity (Wildman–Crippen MR) is 112 cm³/mol. The maximum atomic E-state index is 12.7. The second kappa shape index (κ2) is 8.46. The SMILES string of the molecule is Cc1ccc(C(C)C)c(O[C@H](C)C(=O)Nc2cccc(N3CCCC3=O)c2)c1. The number of nitrogens with zero attached hydrogens (tertiary/aromatic N) is 1. The van der Waals surface area contributed by atoms with E-state index in [1.54, 1.807) is 11.8 Å². The van der Waals surface area contributed by atoms with Crippen LogP contribution in [0.25, 0.3) is 0 Å². The van der Waals surface area contributed by atoms with Crippen LogP contribution in [0.2, 0.25) is 0 Å². The highest BCUT2D eigenvalue weighted by atomic mass is 16.5. The van der Waals surface area contributed by atoms with Crippen molar-refractivity contribution in [2.24, 2.45) is 0 Å². The van der Waals surface area contributed by atoms with E-state index in [-0.39, 0.29) is 11.8 Å². The molecule has 2 aromatic rings. The first-order valence-electron chi connectivity index (χ1n) is 9.83. The Morgan fingerprint density at radius 3 is 2.61 bits per heavy atom. The van der Waals surface area contributed by atoms with E-state index in [1.807, 2.05) is 37.3 Å². The number of benzene rings is 2. The largest absolute Gasteiger partial charge is 0.481 e. The van der Waals surface area contributed by atoms with Crippen LogP contribution in [0.3, 0.4) is 0 Å². The molecule has 5 heteroatoms. The van der Waals surface area contributed by atoms with E-state index in [9.17, 15) is 9.59 Å². The maximum Gasteiger partial charge on any atom is 0.265 e. The molecular weight excluding hydrogens is 352 g/mol. The van der Waals surface area contributed by atoms with E-state index in [0.717, 1.165) is 35.5 Å². The minimum atomic E-state index is -0.642. The summed E-state index contributed by atoms with van der Waals surface area (Å²) in [6.45, 7) is 8.68. The van der Waals surface area contributed by atoms with Crippen LogP contribution in [-0.4, -0.2) is 24.5 Å². The average Bonchev–Trinajstić information content (AvgIpc) is 3.07. The van der Waals surface area contributed by atoms with Gasteiger partial charge in [0.2, 0.25) is 5.91 Å². The zero-order valence-electron chi connectivity index (χ0n) is 17.0. The van der Waals surface area contributed by atoms with Crippen molar-refractivity contribution in [2.75, 3.05) is 16.8 Å². The van der Waals surface area contributed by atoms with E-state index in [0.29, 0.717) is 18.0 Å². The first-order valence-corrected chi connectivity index (χ1v) is 9.83. The molecule has 1 aliphatic rings. The summed E-state index contributed by atoms with van der Waals surface area (Å²) in [7, 11) is 0. The summed E-state index contributed by atoms with van der Waals surface area (Å²) in [5.74, 6) is 0.955. The Hall–Kier alpha value is -2.82. The number of amides is 2. The summed E-state index contributed by atoms with van der Waals surface area (Å²) >= 11 is 0. The van der Waals surface area contributed by atoms with Crippen molar-refractivity contribution in [1.82, 2.24) is 0 Å². The molecule has 3 rings (SSSR count). The Morgan fingerprint density at radius 1 is 1.14 bits per heavy atom. The zero-order chi connectivity index (χ0) is 20.3. The second-order valence-electron chi connectivity index (χ2n) is 7.64. The van der Waals surface area contributed by atoms with Gasteiger partial charge >= 0.3 is 0 Å². The van der Waals surface area contributed by atoms with Gasteiger partial charge in [-0.25, -0.2) is 0 Å². The van der Waals surface area contributed by atoms with Gasteiger partial charge in [-0.15, -0.1) is 0 Å². The number of anilines is 2. The lowest BCUT2D eigenvalue weighted by Gasteiger charge is -2.20. The Labute approximate surface area is 166 Å². The number of carbonyl (C=O) groups excluding carboxylic acids is 2. The molecule has 2 amide bonds. The molecule has 0 aromatic heterocycles. The Balaban J connectivity index is 1.70. The van der Waals surface area contributed by atoms with Gasteiger partial charge in [0.1, 0.15) is 5.75 Å². The van der Waals surface area contributed by atoms with Crippen molar-refractivity contribution < 1.29 is 14.3 Å². The van der Waals surface area contributed by atoms with Crippen LogP contribution in [-0.2, 0) is 9.59 Å². The van der Waals surface area contributed by atoms with Crippen molar-refractivity contribution in [3.05, 3.63) is 53.6 Å². The molecule has 0 radical (unpaired) electrons. The molecule has 0 aliphatic carbocycles. The molecule has 0 bridgehead atoms. The molecule has 1 aliphatic heterocycles. The van der Waals surface area contributed by atoms with Crippen molar-refractivity contribution in [3.8, 4) is 5.75 Å². The number of hydrogen-bond donors (Lipinski definition) is 1. The van der Waals surface area contributed by atoms with Gasteiger partial charge in [-0.1, -0.05) is 32.0 Å². The van der Waals surface area contributed by atoms with Gasteiger partial charge < -0.3 is 15.0 Å². The van der Waals surface area contributed by atoms with E-state index < -0.39 is 6.10 Å². The number of hydrogen-bond acceptors (Lipinski definition) is 3. The highest BCUT2D eigenvalue weighted by Crippen LogP contribution is 2.29. The van der Waals surface area contributed by atoms with Crippen molar-refractivity contribution in [3.63, 3.8) is 0 Å². The molecule has 148 valence electrons. The quantitative estimate of drug-likeness (QED) is 0.793. The molecule has 1 fully saturated rings. The molecule has 1 saturated heterocycles. The molecule has 1 heterocycles. The second-order valence-corrected chi connectivity index (χ2v) is 7.64. The monoisotopic (exact) mass is 380 g/mol. The Morgan fingerprint density at radius 2 is 1.93 bits per heavy atom. The number of nitrogens with one attached hydrogen (secondary N) is 1. The summed E-state index contributed by atoms with van der Waals surface area (Å²) in [6.07, 6.45) is 0.807. The molecule has 28 heavy (non-hydrogen) atoms. The van der Waals surface area contributed by atoms with E-state index in [1.165, 1.54) is 0 Å². The molecular formula is C23H28N2O3. The lowest BCUT2D eigenvalue weighted by Crippen LogP contribution is -2.30. The summed E-state index contributed by atoms with van der Waals surface area (Å²) in [6, 6.07) is 13.5. The van der Waals surface area contributed by atoms with E-state index in [4.69, 9.17) is 4.74 Å². The van der Waals surface area contributed by atoms with Crippen LogP contribution in [0, 0.1) is 6.92 Å². The first-order chi connectivity index (χ1) is 13.3. The summed E-state index contributed by atoms with van der Waals surface area (Å²) in [4.78, 5) is 26.4. The molecule has 1 N–H and O–H groups in total. The highest BCUT2D eigenvalue weighted by Gasteiger charge is 2.22. The lowest BCUT2D eigenvalue weighted by molar-refractivity contribution is -0.122. The van der Waals surface area contributed by atoms with Crippen LogP contribution in [0.1, 0.15) is 50.7 Å². The van der Waals surface area contributed by atoms with Gasteiger partial charge in [-0.2, -0.15) is 0 Å². The standard InChI is InChI=1S/C23H28N2O3/c1-15(2)20-11-10-16(3)13-21(20)28-17(4)23(27)24-18-7-5-8-19(14-18)25-12-6-9-22(25)26/h5,7-8,10-11,13-15,17H,6,9,12H2,1-4H3,(H,24,27)/t17-/m1/s1. The smallest absolute Gasteiger partial charge is 0.265 e. The third-order valence-corrected chi connectivity index (χ3v) is 4.96. The highest BCUT2D eigenvalue weighted by molar-refractivity contribution is 5.97. The molecule has 0 spiro atoms. The van der Waals surface area contributed by atoms with Gasteiger partial charge in [-0.05, 0) is 61.6 Å². The topological polar surface area (TPSA) is 58.6 Å². The van der Waals surface area contributed by atoms with Gasteiger partial charge in [0.25, 0.3) is 5.91 Å². The minimum absolute atomic E-state index is 0.126. The number of rotatable bonds is 6. The minimum Gasteiger partial charge on any atom is -0.481 e. The predicted octanol–water partition coefficient (Wildman–Crippen LogP) is 4.65. The van der Waals surface area contributed by atoms with Crippen LogP contribution in [0.5, 0.6) is 5.75 Å². The number of ether oxygens (including phenoxy) is 1. The fourth-order valence-corrected chi connectivity index (χ4v) is 3.38. The number of carbonyl (C=O) groups is 2. The van der Waals surface area contributed by atoms with Gasteiger partial charge in [0.15, 0.2) is 6.10 Å². The normalized spacial score (nSPS) is 15.0. The molecule has 5 nitrogen and oxygen atoms in total.